The van der Waals surface area contributed by atoms with E-state index < -0.39 is 0 Å². The normalized spacial score (nSPS) is 17.8. The van der Waals surface area contributed by atoms with E-state index in [0.29, 0.717) is 12.5 Å². The molecule has 0 aliphatic heterocycles. The van der Waals surface area contributed by atoms with Crippen LogP contribution in [0, 0.1) is 5.92 Å². The minimum absolute atomic E-state index is 0.110. The van der Waals surface area contributed by atoms with E-state index >= 15 is 0 Å². The van der Waals surface area contributed by atoms with Gasteiger partial charge in [0.05, 0.1) is 6.54 Å². The van der Waals surface area contributed by atoms with Crippen molar-refractivity contribution < 1.29 is 4.79 Å². The molecule has 0 aromatic heterocycles. The average Bonchev–Trinajstić information content (AvgIpc) is 3.26. The number of amides is 1. The Morgan fingerprint density at radius 2 is 1.95 bits per heavy atom. The van der Waals surface area contributed by atoms with Crippen molar-refractivity contribution in [1.29, 1.82) is 0 Å². The number of nitrogens with one attached hydrogen (secondary N) is 2. The van der Waals surface area contributed by atoms with Crippen LogP contribution in [0.4, 0.5) is 0 Å². The van der Waals surface area contributed by atoms with E-state index in [1.165, 1.54) is 18.4 Å². The Balaban J connectivity index is 1.70. The third kappa shape index (κ3) is 4.67. The summed E-state index contributed by atoms with van der Waals surface area (Å²) < 4.78 is 0. The van der Waals surface area contributed by atoms with Gasteiger partial charge in [-0.2, -0.15) is 0 Å². The SMILES string of the molecule is C[C@@H](NCC(=O)NCC1CC1)[C@@H](C)c1ccccc1. The van der Waals surface area contributed by atoms with Crippen molar-refractivity contribution in [1.82, 2.24) is 10.6 Å². The van der Waals surface area contributed by atoms with Crippen LogP contribution in [0.25, 0.3) is 0 Å². The fourth-order valence-electron chi connectivity index (χ4n) is 2.12. The highest BCUT2D eigenvalue weighted by Crippen LogP contribution is 2.27. The Morgan fingerprint density at radius 1 is 1.26 bits per heavy atom. The molecule has 0 bridgehead atoms. The highest BCUT2D eigenvalue weighted by molar-refractivity contribution is 5.78. The molecule has 2 rings (SSSR count). The molecule has 1 aliphatic carbocycles. The monoisotopic (exact) mass is 260 g/mol. The zero-order valence-corrected chi connectivity index (χ0v) is 11.9. The fraction of sp³-hybridized carbons (Fsp3) is 0.562. The second-order valence-corrected chi connectivity index (χ2v) is 5.62. The molecule has 1 fully saturated rings. The van der Waals surface area contributed by atoms with Crippen molar-refractivity contribution in [3.63, 3.8) is 0 Å². The first-order valence-electron chi connectivity index (χ1n) is 7.22. The predicted octanol–water partition coefficient (Wildman–Crippen LogP) is 2.29. The standard InChI is InChI=1S/C16H24N2O/c1-12(15-6-4-3-5-7-15)13(2)17-11-16(19)18-10-14-8-9-14/h3-7,12-14,17H,8-11H2,1-2H3,(H,18,19)/t12-,13-/m1/s1. The van der Waals surface area contributed by atoms with Gasteiger partial charge in [0, 0.05) is 12.6 Å². The molecular formula is C16H24N2O. The summed E-state index contributed by atoms with van der Waals surface area (Å²) in [6.07, 6.45) is 2.55. The van der Waals surface area contributed by atoms with Crippen LogP contribution in [0.3, 0.4) is 0 Å². The molecule has 0 saturated heterocycles. The summed E-state index contributed by atoms with van der Waals surface area (Å²) in [5.74, 6) is 1.25. The van der Waals surface area contributed by atoms with Gasteiger partial charge < -0.3 is 10.6 Å². The van der Waals surface area contributed by atoms with Gasteiger partial charge in [-0.15, -0.1) is 0 Å². The molecule has 2 N–H and O–H groups in total. The molecule has 3 nitrogen and oxygen atoms in total. The third-order valence-corrected chi connectivity index (χ3v) is 3.94. The first-order valence-corrected chi connectivity index (χ1v) is 7.22. The first kappa shape index (κ1) is 14.1. The first-order chi connectivity index (χ1) is 9.16. The number of carbonyl (C=O) groups is 1. The van der Waals surface area contributed by atoms with E-state index in [2.05, 4.69) is 48.7 Å². The molecule has 1 saturated carbocycles. The maximum absolute atomic E-state index is 11.7. The molecule has 104 valence electrons. The largest absolute Gasteiger partial charge is 0.355 e. The lowest BCUT2D eigenvalue weighted by atomic mass is 9.94. The van der Waals surface area contributed by atoms with Crippen LogP contribution in [0.2, 0.25) is 0 Å². The van der Waals surface area contributed by atoms with Gasteiger partial charge in [-0.25, -0.2) is 0 Å². The van der Waals surface area contributed by atoms with Gasteiger partial charge in [0.25, 0.3) is 0 Å². The molecule has 0 unspecified atom stereocenters. The molecule has 2 atom stereocenters. The molecule has 1 aromatic rings. The number of rotatable bonds is 7. The van der Waals surface area contributed by atoms with Crippen LogP contribution in [-0.4, -0.2) is 25.0 Å². The lowest BCUT2D eigenvalue weighted by molar-refractivity contribution is -0.120. The summed E-state index contributed by atoms with van der Waals surface area (Å²) in [6, 6.07) is 10.7. The number of hydrogen-bond donors (Lipinski definition) is 2. The molecule has 1 aliphatic rings. The Hall–Kier alpha value is -1.35. The zero-order chi connectivity index (χ0) is 13.7. The lowest BCUT2D eigenvalue weighted by Gasteiger charge is -2.21. The van der Waals surface area contributed by atoms with E-state index in [0.717, 1.165) is 12.5 Å². The lowest BCUT2D eigenvalue weighted by Crippen LogP contribution is -2.40. The second kappa shape index (κ2) is 6.71. The van der Waals surface area contributed by atoms with Crippen molar-refractivity contribution in [3.05, 3.63) is 35.9 Å². The van der Waals surface area contributed by atoms with Crippen molar-refractivity contribution in [2.24, 2.45) is 5.92 Å². The highest BCUT2D eigenvalue weighted by atomic mass is 16.1. The molecule has 1 aromatic carbocycles. The van der Waals surface area contributed by atoms with Gasteiger partial charge in [-0.3, -0.25) is 4.79 Å². The molecule has 0 heterocycles. The van der Waals surface area contributed by atoms with Crippen LogP contribution in [0.5, 0.6) is 0 Å². The fourth-order valence-corrected chi connectivity index (χ4v) is 2.12. The van der Waals surface area contributed by atoms with Crippen LogP contribution in [-0.2, 0) is 4.79 Å². The molecule has 0 spiro atoms. The van der Waals surface area contributed by atoms with Gasteiger partial charge in [-0.1, -0.05) is 37.3 Å². The van der Waals surface area contributed by atoms with Crippen LogP contribution in [0.15, 0.2) is 30.3 Å². The number of carbonyl (C=O) groups excluding carboxylic acids is 1. The van der Waals surface area contributed by atoms with Crippen molar-refractivity contribution >= 4 is 5.91 Å². The smallest absolute Gasteiger partial charge is 0.233 e. The molecule has 3 heteroatoms. The minimum Gasteiger partial charge on any atom is -0.355 e. The van der Waals surface area contributed by atoms with Gasteiger partial charge in [0.15, 0.2) is 0 Å². The Bertz CT molecular complexity index is 400. The molecular weight excluding hydrogens is 236 g/mol. The third-order valence-electron chi connectivity index (χ3n) is 3.94. The maximum atomic E-state index is 11.7. The second-order valence-electron chi connectivity index (χ2n) is 5.62. The number of hydrogen-bond acceptors (Lipinski definition) is 2. The quantitative estimate of drug-likeness (QED) is 0.790. The summed E-state index contributed by atoms with van der Waals surface area (Å²) >= 11 is 0. The van der Waals surface area contributed by atoms with Crippen LogP contribution >= 0.6 is 0 Å². The van der Waals surface area contributed by atoms with Gasteiger partial charge >= 0.3 is 0 Å². The molecule has 19 heavy (non-hydrogen) atoms. The summed E-state index contributed by atoms with van der Waals surface area (Å²) in [5.41, 5.74) is 1.31. The Morgan fingerprint density at radius 3 is 2.58 bits per heavy atom. The number of benzene rings is 1. The Kier molecular flexibility index (Phi) is 4.97. The molecule has 1 amide bonds. The van der Waals surface area contributed by atoms with E-state index in [-0.39, 0.29) is 11.9 Å². The maximum Gasteiger partial charge on any atom is 0.233 e. The Labute approximate surface area is 115 Å². The summed E-state index contributed by atoms with van der Waals surface area (Å²) in [7, 11) is 0. The van der Waals surface area contributed by atoms with Crippen molar-refractivity contribution in [2.45, 2.75) is 38.6 Å². The van der Waals surface area contributed by atoms with Gasteiger partial charge in [-0.05, 0) is 37.2 Å². The summed E-state index contributed by atoms with van der Waals surface area (Å²) in [6.45, 7) is 5.58. The summed E-state index contributed by atoms with van der Waals surface area (Å²) in [4.78, 5) is 11.7. The van der Waals surface area contributed by atoms with E-state index in [4.69, 9.17) is 0 Å². The minimum atomic E-state index is 0.110. The predicted molar refractivity (Wildman–Crippen MR) is 78.1 cm³/mol. The topological polar surface area (TPSA) is 41.1 Å². The highest BCUT2D eigenvalue weighted by Gasteiger charge is 2.21. The molecule has 0 radical (unpaired) electrons. The van der Waals surface area contributed by atoms with Crippen LogP contribution in [0.1, 0.15) is 38.2 Å². The van der Waals surface area contributed by atoms with E-state index in [1.54, 1.807) is 0 Å². The zero-order valence-electron chi connectivity index (χ0n) is 11.9. The van der Waals surface area contributed by atoms with Crippen molar-refractivity contribution in [3.8, 4) is 0 Å². The summed E-state index contributed by atoms with van der Waals surface area (Å²) in [5, 5.41) is 6.29. The van der Waals surface area contributed by atoms with Gasteiger partial charge in [0.1, 0.15) is 0 Å². The van der Waals surface area contributed by atoms with E-state index in [9.17, 15) is 4.79 Å². The van der Waals surface area contributed by atoms with Crippen LogP contribution < -0.4 is 10.6 Å². The van der Waals surface area contributed by atoms with E-state index in [1.807, 2.05) is 6.07 Å². The van der Waals surface area contributed by atoms with Crippen molar-refractivity contribution in [2.75, 3.05) is 13.1 Å². The average molecular weight is 260 g/mol. The van der Waals surface area contributed by atoms with Gasteiger partial charge in [0.2, 0.25) is 5.91 Å².